The van der Waals surface area contributed by atoms with Gasteiger partial charge in [0.25, 0.3) is 0 Å². The molecule has 0 fully saturated rings. The molecule has 7 nitrogen and oxygen atoms in total. The first-order valence-electron chi connectivity index (χ1n) is 11.0. The van der Waals surface area contributed by atoms with Gasteiger partial charge in [-0.25, -0.2) is 0 Å². The number of benzene rings is 2. The second-order valence-corrected chi connectivity index (χ2v) is 9.42. The number of ether oxygens (including phenoxy) is 2. The van der Waals surface area contributed by atoms with Crippen molar-refractivity contribution in [2.24, 2.45) is 0 Å². The molecule has 0 saturated carbocycles. The minimum Gasteiger partial charge on any atom is -0.486 e. The summed E-state index contributed by atoms with van der Waals surface area (Å²) >= 11 is 1.81. The molecule has 0 unspecified atom stereocenters. The van der Waals surface area contributed by atoms with Crippen molar-refractivity contribution >= 4 is 35.0 Å². The van der Waals surface area contributed by atoms with Crippen LogP contribution < -0.4 is 19.7 Å². The SMILES string of the molecule is CCN(CC(=O)Nc1ccc2c(c1)OCCO2)CC(=O)N1CC[C@@H](C)Sc2ccccc21. The third-order valence-electron chi connectivity index (χ3n) is 5.54. The molecule has 1 atom stereocenters. The van der Waals surface area contributed by atoms with Gasteiger partial charge in [-0.1, -0.05) is 26.0 Å². The van der Waals surface area contributed by atoms with Crippen LogP contribution in [-0.2, 0) is 9.59 Å². The van der Waals surface area contributed by atoms with Crippen LogP contribution in [0.15, 0.2) is 47.4 Å². The molecular weight excluding hydrogens is 426 g/mol. The lowest BCUT2D eigenvalue weighted by Crippen LogP contribution is -2.43. The molecule has 0 aliphatic carbocycles. The molecule has 32 heavy (non-hydrogen) atoms. The second-order valence-electron chi connectivity index (χ2n) is 7.94. The summed E-state index contributed by atoms with van der Waals surface area (Å²) in [5, 5.41) is 3.35. The molecular formula is C24H29N3O4S. The molecule has 2 heterocycles. The fourth-order valence-corrected chi connectivity index (χ4v) is 4.94. The van der Waals surface area contributed by atoms with E-state index in [0.29, 0.717) is 48.7 Å². The van der Waals surface area contributed by atoms with E-state index >= 15 is 0 Å². The summed E-state index contributed by atoms with van der Waals surface area (Å²) in [6.07, 6.45) is 0.932. The average Bonchev–Trinajstić information content (AvgIpc) is 2.96. The quantitative estimate of drug-likeness (QED) is 0.717. The van der Waals surface area contributed by atoms with Gasteiger partial charge in [0, 0.05) is 28.4 Å². The van der Waals surface area contributed by atoms with Crippen LogP contribution >= 0.6 is 11.8 Å². The topological polar surface area (TPSA) is 71.1 Å². The van der Waals surface area contributed by atoms with E-state index in [1.165, 1.54) is 0 Å². The lowest BCUT2D eigenvalue weighted by molar-refractivity contribution is -0.121. The van der Waals surface area contributed by atoms with Crippen LogP contribution in [0.2, 0.25) is 0 Å². The van der Waals surface area contributed by atoms with Crippen LogP contribution in [0.5, 0.6) is 11.5 Å². The maximum Gasteiger partial charge on any atom is 0.241 e. The molecule has 2 aliphatic heterocycles. The number of anilines is 2. The highest BCUT2D eigenvalue weighted by Crippen LogP contribution is 2.37. The Balaban J connectivity index is 1.38. The third kappa shape index (κ3) is 5.37. The van der Waals surface area contributed by atoms with Gasteiger partial charge in [0.2, 0.25) is 11.8 Å². The monoisotopic (exact) mass is 455 g/mol. The van der Waals surface area contributed by atoms with Crippen LogP contribution in [0.3, 0.4) is 0 Å². The number of nitrogens with one attached hydrogen (secondary N) is 1. The number of hydrogen-bond acceptors (Lipinski definition) is 6. The summed E-state index contributed by atoms with van der Waals surface area (Å²) in [5.41, 5.74) is 1.61. The van der Waals surface area contributed by atoms with Crippen molar-refractivity contribution in [1.82, 2.24) is 4.90 Å². The number of thioether (sulfide) groups is 1. The van der Waals surface area contributed by atoms with Gasteiger partial charge in [-0.05, 0) is 37.2 Å². The van der Waals surface area contributed by atoms with E-state index in [2.05, 4.69) is 18.3 Å². The summed E-state index contributed by atoms with van der Waals surface area (Å²) in [4.78, 5) is 30.7. The third-order valence-corrected chi connectivity index (χ3v) is 6.78. The van der Waals surface area contributed by atoms with Crippen LogP contribution in [0.1, 0.15) is 20.3 Å². The highest BCUT2D eigenvalue weighted by atomic mass is 32.2. The number of carbonyl (C=O) groups is 2. The van der Waals surface area contributed by atoms with E-state index in [0.717, 1.165) is 17.0 Å². The first kappa shape index (κ1) is 22.5. The predicted octanol–water partition coefficient (Wildman–Crippen LogP) is 3.64. The first-order chi connectivity index (χ1) is 15.5. The number of fused-ring (bicyclic) bond motifs is 2. The molecule has 2 aromatic rings. The van der Waals surface area contributed by atoms with E-state index < -0.39 is 0 Å². The summed E-state index contributed by atoms with van der Waals surface area (Å²) in [6, 6.07) is 13.4. The number of carbonyl (C=O) groups excluding carboxylic acids is 2. The summed E-state index contributed by atoms with van der Waals surface area (Å²) in [6.45, 7) is 6.78. The van der Waals surface area contributed by atoms with E-state index in [-0.39, 0.29) is 24.9 Å². The largest absolute Gasteiger partial charge is 0.486 e. The molecule has 0 aromatic heterocycles. The molecule has 0 radical (unpaired) electrons. The van der Waals surface area contributed by atoms with Gasteiger partial charge >= 0.3 is 0 Å². The normalized spacial score (nSPS) is 17.5. The molecule has 170 valence electrons. The Bertz CT molecular complexity index is 983. The lowest BCUT2D eigenvalue weighted by atomic mass is 10.2. The molecule has 0 saturated heterocycles. The Kier molecular flexibility index (Phi) is 7.22. The van der Waals surface area contributed by atoms with E-state index in [1.54, 1.807) is 18.2 Å². The van der Waals surface area contributed by atoms with E-state index in [4.69, 9.17) is 9.47 Å². The van der Waals surface area contributed by atoms with Crippen molar-refractivity contribution in [1.29, 1.82) is 0 Å². The maximum absolute atomic E-state index is 13.2. The van der Waals surface area contributed by atoms with Crippen LogP contribution in [0, 0.1) is 0 Å². The van der Waals surface area contributed by atoms with Gasteiger partial charge in [0.15, 0.2) is 11.5 Å². The lowest BCUT2D eigenvalue weighted by Gasteiger charge is -2.26. The number of amides is 2. The minimum atomic E-state index is -0.170. The van der Waals surface area contributed by atoms with Crippen molar-refractivity contribution in [3.8, 4) is 11.5 Å². The van der Waals surface area contributed by atoms with Crippen LogP contribution in [0.4, 0.5) is 11.4 Å². The van der Waals surface area contributed by atoms with Crippen molar-refractivity contribution < 1.29 is 19.1 Å². The molecule has 8 heteroatoms. The number of likely N-dealkylation sites (N-methyl/N-ethyl adjacent to an activating group) is 1. The van der Waals surface area contributed by atoms with Gasteiger partial charge < -0.3 is 19.7 Å². The van der Waals surface area contributed by atoms with Crippen molar-refractivity contribution in [2.75, 3.05) is 49.6 Å². The smallest absolute Gasteiger partial charge is 0.241 e. The van der Waals surface area contributed by atoms with Crippen LogP contribution in [-0.4, -0.2) is 61.4 Å². The molecule has 2 aliphatic rings. The predicted molar refractivity (Wildman–Crippen MR) is 127 cm³/mol. The Hall–Kier alpha value is -2.71. The number of rotatable bonds is 6. The molecule has 4 rings (SSSR count). The van der Waals surface area contributed by atoms with Gasteiger partial charge in [-0.2, -0.15) is 0 Å². The summed E-state index contributed by atoms with van der Waals surface area (Å²) in [5.74, 6) is 1.15. The molecule has 0 bridgehead atoms. The van der Waals surface area contributed by atoms with Crippen LogP contribution in [0.25, 0.3) is 0 Å². The number of hydrogen-bond donors (Lipinski definition) is 1. The Morgan fingerprint density at radius 2 is 1.91 bits per heavy atom. The standard InChI is InChI=1S/C24H29N3O4S/c1-3-26(15-23(28)25-18-8-9-20-21(14-18)31-13-12-30-20)16-24(29)27-11-10-17(2)32-22-7-5-4-6-19(22)27/h4-9,14,17H,3,10-13,15-16H2,1-2H3,(H,25,28)/t17-/m1/s1. The van der Waals surface area contributed by atoms with E-state index in [1.807, 2.05) is 46.7 Å². The van der Waals surface area contributed by atoms with Gasteiger partial charge in [-0.15, -0.1) is 11.8 Å². The highest BCUT2D eigenvalue weighted by molar-refractivity contribution is 8.00. The molecule has 2 aromatic carbocycles. The molecule has 2 amide bonds. The Morgan fingerprint density at radius 3 is 2.72 bits per heavy atom. The zero-order valence-corrected chi connectivity index (χ0v) is 19.3. The van der Waals surface area contributed by atoms with Gasteiger partial charge in [-0.3, -0.25) is 14.5 Å². The number of para-hydroxylation sites is 1. The van der Waals surface area contributed by atoms with Crippen molar-refractivity contribution in [3.05, 3.63) is 42.5 Å². The van der Waals surface area contributed by atoms with Crippen molar-refractivity contribution in [3.63, 3.8) is 0 Å². The fourth-order valence-electron chi connectivity index (χ4n) is 3.83. The summed E-state index contributed by atoms with van der Waals surface area (Å²) < 4.78 is 11.1. The zero-order chi connectivity index (χ0) is 22.5. The molecule has 0 spiro atoms. The average molecular weight is 456 g/mol. The van der Waals surface area contributed by atoms with E-state index in [9.17, 15) is 9.59 Å². The maximum atomic E-state index is 13.2. The summed E-state index contributed by atoms with van der Waals surface area (Å²) in [7, 11) is 0. The fraction of sp³-hybridized carbons (Fsp3) is 0.417. The Labute approximate surface area is 193 Å². The van der Waals surface area contributed by atoms with Gasteiger partial charge in [0.1, 0.15) is 13.2 Å². The Morgan fingerprint density at radius 1 is 1.12 bits per heavy atom. The first-order valence-corrected chi connectivity index (χ1v) is 11.9. The van der Waals surface area contributed by atoms with Gasteiger partial charge in [0.05, 0.1) is 18.8 Å². The zero-order valence-electron chi connectivity index (χ0n) is 18.5. The molecule has 1 N–H and O–H groups in total. The second kappa shape index (κ2) is 10.3. The number of nitrogens with zero attached hydrogens (tertiary/aromatic N) is 2. The van der Waals surface area contributed by atoms with Crippen molar-refractivity contribution in [2.45, 2.75) is 30.4 Å². The minimum absolute atomic E-state index is 0.0149. The highest BCUT2D eigenvalue weighted by Gasteiger charge is 2.25.